The summed E-state index contributed by atoms with van der Waals surface area (Å²) in [6.45, 7) is -0.302. The summed E-state index contributed by atoms with van der Waals surface area (Å²) in [5, 5.41) is 8.97. The number of aliphatic hydroxyl groups excluding tert-OH is 1. The first-order chi connectivity index (χ1) is 8.53. The van der Waals surface area contributed by atoms with Crippen molar-refractivity contribution in [3.8, 4) is 0 Å². The number of hydrogen-bond acceptors (Lipinski definition) is 3. The molecule has 6 heteroatoms. The van der Waals surface area contributed by atoms with E-state index in [1.54, 1.807) is 0 Å². The van der Waals surface area contributed by atoms with Crippen LogP contribution in [-0.4, -0.2) is 55.1 Å². The molecular weight excluding hydrogens is 247 g/mol. The van der Waals surface area contributed by atoms with Crippen LogP contribution in [0.4, 0.5) is 13.2 Å². The molecule has 0 saturated carbocycles. The summed E-state index contributed by atoms with van der Waals surface area (Å²) in [6, 6.07) is 0.209. The molecule has 1 atom stereocenters. The van der Waals surface area contributed by atoms with Crippen LogP contribution in [0.2, 0.25) is 0 Å². The van der Waals surface area contributed by atoms with Crippen molar-refractivity contribution < 1.29 is 23.0 Å². The predicted octanol–water partition coefficient (Wildman–Crippen LogP) is 1.97. The molecule has 106 valence electrons. The van der Waals surface area contributed by atoms with Gasteiger partial charge < -0.3 is 9.84 Å². The number of rotatable bonds is 7. The maximum absolute atomic E-state index is 11.9. The van der Waals surface area contributed by atoms with Crippen molar-refractivity contribution in [1.29, 1.82) is 0 Å². The summed E-state index contributed by atoms with van der Waals surface area (Å²) in [4.78, 5) is 1.96. The number of halogens is 3. The molecule has 0 heterocycles. The highest BCUT2D eigenvalue weighted by molar-refractivity contribution is 4.98. The van der Waals surface area contributed by atoms with Crippen molar-refractivity contribution in [2.45, 2.75) is 31.5 Å². The summed E-state index contributed by atoms with van der Waals surface area (Å²) < 4.78 is 40.3. The van der Waals surface area contributed by atoms with E-state index in [1.807, 2.05) is 4.90 Å². The van der Waals surface area contributed by atoms with Crippen LogP contribution in [0.25, 0.3) is 0 Å². The Bertz CT molecular complexity index is 256. The topological polar surface area (TPSA) is 32.7 Å². The molecule has 0 spiro atoms. The lowest BCUT2D eigenvalue weighted by Gasteiger charge is -2.30. The van der Waals surface area contributed by atoms with Gasteiger partial charge >= 0.3 is 6.18 Å². The number of hydrogen-bond donors (Lipinski definition) is 1. The van der Waals surface area contributed by atoms with Gasteiger partial charge in [0.15, 0.2) is 0 Å². The van der Waals surface area contributed by atoms with E-state index in [0.717, 1.165) is 19.3 Å². The van der Waals surface area contributed by atoms with Crippen LogP contribution in [0, 0.1) is 0 Å². The zero-order valence-corrected chi connectivity index (χ0v) is 10.3. The minimum absolute atomic E-state index is 0.00358. The van der Waals surface area contributed by atoms with Gasteiger partial charge in [-0.3, -0.25) is 4.90 Å². The molecule has 3 nitrogen and oxygen atoms in total. The smallest absolute Gasteiger partial charge is 0.395 e. The number of nitrogens with zero attached hydrogens (tertiary/aromatic N) is 1. The van der Waals surface area contributed by atoms with E-state index < -0.39 is 12.8 Å². The summed E-state index contributed by atoms with van der Waals surface area (Å²) in [5.41, 5.74) is 0. The molecule has 0 aromatic heterocycles. The predicted molar refractivity (Wildman–Crippen MR) is 62.3 cm³/mol. The molecule has 1 aliphatic rings. The van der Waals surface area contributed by atoms with Gasteiger partial charge in [0.2, 0.25) is 0 Å². The highest BCUT2D eigenvalue weighted by Crippen LogP contribution is 2.17. The van der Waals surface area contributed by atoms with Crippen molar-refractivity contribution in [3.63, 3.8) is 0 Å². The van der Waals surface area contributed by atoms with E-state index in [2.05, 4.69) is 16.9 Å². The van der Waals surface area contributed by atoms with Crippen molar-refractivity contribution in [2.75, 3.05) is 32.9 Å². The average Bonchev–Trinajstić information content (AvgIpc) is 2.33. The maximum Gasteiger partial charge on any atom is 0.411 e. The lowest BCUT2D eigenvalue weighted by atomic mass is 10.0. The van der Waals surface area contributed by atoms with Gasteiger partial charge in [0.25, 0.3) is 0 Å². The van der Waals surface area contributed by atoms with E-state index in [4.69, 9.17) is 5.11 Å². The number of allylic oxidation sites excluding steroid dienone is 1. The number of aliphatic hydroxyl groups is 1. The van der Waals surface area contributed by atoms with Crippen molar-refractivity contribution >= 4 is 0 Å². The Balaban J connectivity index is 2.29. The van der Waals surface area contributed by atoms with Crippen molar-refractivity contribution in [2.24, 2.45) is 0 Å². The quantitative estimate of drug-likeness (QED) is 0.565. The largest absolute Gasteiger partial charge is 0.411 e. The number of alkyl halides is 3. The van der Waals surface area contributed by atoms with Gasteiger partial charge in [-0.05, 0) is 19.3 Å². The van der Waals surface area contributed by atoms with Crippen LogP contribution in [0.1, 0.15) is 19.3 Å². The van der Waals surface area contributed by atoms with Crippen molar-refractivity contribution in [3.05, 3.63) is 12.2 Å². The first kappa shape index (κ1) is 15.5. The Morgan fingerprint density at radius 2 is 2.11 bits per heavy atom. The van der Waals surface area contributed by atoms with Crippen molar-refractivity contribution in [1.82, 2.24) is 4.90 Å². The van der Waals surface area contributed by atoms with Gasteiger partial charge in [-0.1, -0.05) is 12.2 Å². The molecular formula is C12H20F3NO2. The molecule has 0 aromatic carbocycles. The zero-order valence-electron chi connectivity index (χ0n) is 10.3. The van der Waals surface area contributed by atoms with Gasteiger partial charge in [-0.15, -0.1) is 0 Å². The number of ether oxygens (including phenoxy) is 1. The van der Waals surface area contributed by atoms with Gasteiger partial charge in [0.1, 0.15) is 6.61 Å². The molecule has 0 aliphatic heterocycles. The second kappa shape index (κ2) is 7.76. The molecule has 0 saturated heterocycles. The Morgan fingerprint density at radius 3 is 2.67 bits per heavy atom. The standard InChI is InChI=1S/C12H20F3NO2/c13-12(14,15)10-18-9-7-16(6-8-17)11-4-2-1-3-5-11/h2,4,11,17H,1,3,5-10H2/t11-/m0/s1. The molecule has 1 N–H and O–H groups in total. The molecule has 0 fully saturated rings. The molecule has 0 aromatic rings. The highest BCUT2D eigenvalue weighted by atomic mass is 19.4. The Hall–Kier alpha value is -0.590. The summed E-state index contributed by atoms with van der Waals surface area (Å²) in [5.74, 6) is 0. The Morgan fingerprint density at radius 1 is 1.33 bits per heavy atom. The third-order valence-electron chi connectivity index (χ3n) is 2.87. The average molecular weight is 267 g/mol. The fraction of sp³-hybridized carbons (Fsp3) is 0.833. The third kappa shape index (κ3) is 6.37. The van der Waals surface area contributed by atoms with Crippen LogP contribution in [0.3, 0.4) is 0 Å². The normalized spacial score (nSPS) is 20.6. The van der Waals surface area contributed by atoms with Crippen LogP contribution < -0.4 is 0 Å². The third-order valence-corrected chi connectivity index (χ3v) is 2.87. The summed E-state index contributed by atoms with van der Waals surface area (Å²) in [7, 11) is 0. The van der Waals surface area contributed by atoms with Crippen LogP contribution in [-0.2, 0) is 4.74 Å². The van der Waals surface area contributed by atoms with Gasteiger partial charge in [-0.2, -0.15) is 13.2 Å². The van der Waals surface area contributed by atoms with Crippen LogP contribution in [0.5, 0.6) is 0 Å². The van der Waals surface area contributed by atoms with E-state index in [-0.39, 0.29) is 19.3 Å². The maximum atomic E-state index is 11.9. The molecule has 0 bridgehead atoms. The second-order valence-electron chi connectivity index (χ2n) is 4.35. The highest BCUT2D eigenvalue weighted by Gasteiger charge is 2.27. The summed E-state index contributed by atoms with van der Waals surface area (Å²) >= 11 is 0. The van der Waals surface area contributed by atoms with Crippen LogP contribution >= 0.6 is 0 Å². The zero-order chi connectivity index (χ0) is 13.4. The van der Waals surface area contributed by atoms with E-state index >= 15 is 0 Å². The first-order valence-corrected chi connectivity index (χ1v) is 6.19. The fourth-order valence-electron chi connectivity index (χ4n) is 2.04. The minimum atomic E-state index is -4.27. The molecule has 18 heavy (non-hydrogen) atoms. The Kier molecular flexibility index (Phi) is 6.67. The van der Waals surface area contributed by atoms with E-state index in [1.165, 1.54) is 0 Å². The SMILES string of the molecule is OCCN(CCOCC(F)(F)F)[C@H]1C=CCCC1. The lowest BCUT2D eigenvalue weighted by molar-refractivity contribution is -0.174. The van der Waals surface area contributed by atoms with Gasteiger partial charge in [0, 0.05) is 19.1 Å². The minimum Gasteiger partial charge on any atom is -0.395 e. The van der Waals surface area contributed by atoms with E-state index in [0.29, 0.717) is 13.1 Å². The summed E-state index contributed by atoms with van der Waals surface area (Å²) in [6.07, 6.45) is 2.97. The lowest BCUT2D eigenvalue weighted by Crippen LogP contribution is -2.39. The van der Waals surface area contributed by atoms with Gasteiger partial charge in [0.05, 0.1) is 13.2 Å². The molecule has 0 radical (unpaired) electrons. The fourth-order valence-corrected chi connectivity index (χ4v) is 2.04. The van der Waals surface area contributed by atoms with Gasteiger partial charge in [-0.25, -0.2) is 0 Å². The molecule has 0 unspecified atom stereocenters. The second-order valence-corrected chi connectivity index (χ2v) is 4.35. The monoisotopic (exact) mass is 267 g/mol. The molecule has 1 aliphatic carbocycles. The first-order valence-electron chi connectivity index (χ1n) is 6.19. The van der Waals surface area contributed by atoms with E-state index in [9.17, 15) is 13.2 Å². The molecule has 0 amide bonds. The Labute approximate surface area is 105 Å². The molecule has 1 rings (SSSR count). The van der Waals surface area contributed by atoms with Crippen LogP contribution in [0.15, 0.2) is 12.2 Å².